The Hall–Kier alpha value is -1.69. The molecule has 0 bridgehead atoms. The van der Waals surface area contributed by atoms with Crippen LogP contribution in [0.15, 0.2) is 10.9 Å². The maximum absolute atomic E-state index is 6.01. The topological polar surface area (TPSA) is 67.9 Å². The highest BCUT2D eigenvalue weighted by molar-refractivity contribution is 7.07. The molecule has 100 valence electrons. The number of anilines is 2. The van der Waals surface area contributed by atoms with Crippen LogP contribution in [0.3, 0.4) is 0 Å². The molecule has 19 heavy (non-hydrogen) atoms. The van der Waals surface area contributed by atoms with Crippen LogP contribution < -0.4 is 10.6 Å². The smallest absolute Gasteiger partial charge is 0.137 e. The summed E-state index contributed by atoms with van der Waals surface area (Å²) in [6.45, 7) is 2.71. The van der Waals surface area contributed by atoms with E-state index >= 15 is 0 Å². The fraction of sp³-hybridized carbons (Fsp3) is 0.462. The van der Waals surface area contributed by atoms with Crippen molar-refractivity contribution in [2.75, 3.05) is 17.7 Å². The Labute approximate surface area is 116 Å². The summed E-state index contributed by atoms with van der Waals surface area (Å²) in [7, 11) is 2.02. The van der Waals surface area contributed by atoms with Crippen LogP contribution in [0.1, 0.15) is 35.8 Å². The predicted octanol–water partition coefficient (Wildman–Crippen LogP) is 2.34. The van der Waals surface area contributed by atoms with Crippen LogP contribution in [0.5, 0.6) is 0 Å². The molecule has 1 aliphatic carbocycles. The van der Waals surface area contributed by atoms with Crippen molar-refractivity contribution < 1.29 is 0 Å². The molecule has 1 saturated carbocycles. The highest BCUT2D eigenvalue weighted by Gasteiger charge is 2.28. The van der Waals surface area contributed by atoms with Crippen LogP contribution in [-0.4, -0.2) is 22.0 Å². The zero-order valence-corrected chi connectivity index (χ0v) is 11.9. The molecule has 0 unspecified atom stereocenters. The Morgan fingerprint density at radius 1 is 1.42 bits per heavy atom. The molecule has 0 atom stereocenters. The molecule has 0 radical (unpaired) electrons. The van der Waals surface area contributed by atoms with Crippen molar-refractivity contribution in [2.24, 2.45) is 0 Å². The summed E-state index contributed by atoms with van der Waals surface area (Å²) in [6.07, 6.45) is 2.36. The van der Waals surface area contributed by atoms with Gasteiger partial charge in [0.05, 0.1) is 17.7 Å². The van der Waals surface area contributed by atoms with E-state index in [0.29, 0.717) is 11.7 Å². The number of thiazole rings is 1. The quantitative estimate of drug-likeness (QED) is 0.927. The summed E-state index contributed by atoms with van der Waals surface area (Å²) in [5.41, 5.74) is 9.85. The summed E-state index contributed by atoms with van der Waals surface area (Å²) in [5, 5.41) is 2.05. The Morgan fingerprint density at radius 2 is 2.21 bits per heavy atom. The molecule has 2 aromatic heterocycles. The van der Waals surface area contributed by atoms with E-state index in [0.717, 1.165) is 29.4 Å². The monoisotopic (exact) mass is 275 g/mol. The van der Waals surface area contributed by atoms with E-state index in [2.05, 4.69) is 25.2 Å². The number of nitrogen functional groups attached to an aromatic ring is 1. The van der Waals surface area contributed by atoms with Gasteiger partial charge in [-0.05, 0) is 19.8 Å². The lowest BCUT2D eigenvalue weighted by atomic mass is 10.2. The first-order chi connectivity index (χ1) is 9.15. The molecule has 1 aliphatic rings. The van der Waals surface area contributed by atoms with Crippen LogP contribution in [0.25, 0.3) is 0 Å². The van der Waals surface area contributed by atoms with Crippen LogP contribution >= 0.6 is 11.3 Å². The SMILES string of the molecule is Cc1c(N)nc(C2CC2)nc1N(C)Cc1cscn1. The van der Waals surface area contributed by atoms with Crippen LogP contribution in [0.4, 0.5) is 11.6 Å². The minimum Gasteiger partial charge on any atom is -0.383 e. The van der Waals surface area contributed by atoms with Crippen molar-refractivity contribution in [1.82, 2.24) is 15.0 Å². The van der Waals surface area contributed by atoms with Gasteiger partial charge in [0.25, 0.3) is 0 Å². The third-order valence-corrected chi connectivity index (χ3v) is 4.00. The average molecular weight is 275 g/mol. The minimum atomic E-state index is 0.509. The minimum absolute atomic E-state index is 0.509. The molecule has 0 spiro atoms. The number of nitrogens with zero attached hydrogens (tertiary/aromatic N) is 4. The Bertz CT molecular complexity index is 577. The fourth-order valence-electron chi connectivity index (χ4n) is 2.07. The molecule has 6 heteroatoms. The van der Waals surface area contributed by atoms with Gasteiger partial charge in [-0.25, -0.2) is 15.0 Å². The molecule has 0 aliphatic heterocycles. The van der Waals surface area contributed by atoms with Crippen LogP contribution in [0, 0.1) is 6.92 Å². The molecule has 0 aromatic carbocycles. The normalized spacial score (nSPS) is 14.6. The number of rotatable bonds is 4. The highest BCUT2D eigenvalue weighted by Crippen LogP contribution is 2.39. The molecule has 3 rings (SSSR count). The summed E-state index contributed by atoms with van der Waals surface area (Å²) >= 11 is 1.61. The van der Waals surface area contributed by atoms with Gasteiger partial charge in [-0.2, -0.15) is 0 Å². The lowest BCUT2D eigenvalue weighted by molar-refractivity contribution is 0.835. The molecule has 0 amide bonds. The fourth-order valence-corrected chi connectivity index (χ4v) is 2.62. The second-order valence-electron chi connectivity index (χ2n) is 5.03. The zero-order valence-electron chi connectivity index (χ0n) is 11.1. The number of nitrogens with two attached hydrogens (primary N) is 1. The van der Waals surface area contributed by atoms with Gasteiger partial charge < -0.3 is 10.6 Å². The second kappa shape index (κ2) is 4.77. The first kappa shape index (κ1) is 12.3. The summed E-state index contributed by atoms with van der Waals surface area (Å²) < 4.78 is 0. The summed E-state index contributed by atoms with van der Waals surface area (Å²) in [5.74, 6) is 2.91. The van der Waals surface area contributed by atoms with Crippen LogP contribution in [0.2, 0.25) is 0 Å². The zero-order chi connectivity index (χ0) is 13.4. The van der Waals surface area contributed by atoms with E-state index in [1.807, 2.05) is 19.5 Å². The van der Waals surface area contributed by atoms with E-state index in [-0.39, 0.29) is 0 Å². The van der Waals surface area contributed by atoms with E-state index in [1.165, 1.54) is 12.8 Å². The van der Waals surface area contributed by atoms with Gasteiger partial charge in [0.2, 0.25) is 0 Å². The standard InChI is InChI=1S/C13H17N5S/c1-8-11(14)16-12(9-3-4-9)17-13(8)18(2)5-10-6-19-7-15-10/h6-7,9H,3-5H2,1-2H3,(H2,14,16,17). The molecular weight excluding hydrogens is 258 g/mol. The van der Waals surface area contributed by atoms with Crippen molar-refractivity contribution in [1.29, 1.82) is 0 Å². The molecule has 2 N–H and O–H groups in total. The van der Waals surface area contributed by atoms with Gasteiger partial charge in [0.1, 0.15) is 17.5 Å². The first-order valence-electron chi connectivity index (χ1n) is 6.37. The molecule has 5 nitrogen and oxygen atoms in total. The van der Waals surface area contributed by atoms with E-state index in [4.69, 9.17) is 5.73 Å². The Balaban J connectivity index is 1.89. The number of hydrogen-bond donors (Lipinski definition) is 1. The first-order valence-corrected chi connectivity index (χ1v) is 7.31. The van der Waals surface area contributed by atoms with Gasteiger partial charge in [-0.3, -0.25) is 0 Å². The summed E-state index contributed by atoms with van der Waals surface area (Å²) in [4.78, 5) is 15.5. The lowest BCUT2D eigenvalue weighted by Crippen LogP contribution is -2.21. The van der Waals surface area contributed by atoms with E-state index in [1.54, 1.807) is 11.3 Å². The largest absolute Gasteiger partial charge is 0.383 e. The maximum atomic E-state index is 6.01. The lowest BCUT2D eigenvalue weighted by Gasteiger charge is -2.20. The number of hydrogen-bond acceptors (Lipinski definition) is 6. The van der Waals surface area contributed by atoms with E-state index in [9.17, 15) is 0 Å². The van der Waals surface area contributed by atoms with Gasteiger partial charge in [-0.1, -0.05) is 0 Å². The molecule has 1 fully saturated rings. The van der Waals surface area contributed by atoms with Crippen molar-refractivity contribution in [3.8, 4) is 0 Å². The third-order valence-electron chi connectivity index (χ3n) is 3.36. The van der Waals surface area contributed by atoms with Crippen LogP contribution in [-0.2, 0) is 6.54 Å². The second-order valence-corrected chi connectivity index (χ2v) is 5.74. The van der Waals surface area contributed by atoms with Crippen molar-refractivity contribution in [3.05, 3.63) is 28.0 Å². The molecular formula is C13H17N5S. The Kier molecular flexibility index (Phi) is 3.10. The van der Waals surface area contributed by atoms with Crippen molar-refractivity contribution in [3.63, 3.8) is 0 Å². The summed E-state index contributed by atoms with van der Waals surface area (Å²) in [6, 6.07) is 0. The van der Waals surface area contributed by atoms with Gasteiger partial charge in [-0.15, -0.1) is 11.3 Å². The van der Waals surface area contributed by atoms with Crippen molar-refractivity contribution >= 4 is 23.0 Å². The Morgan fingerprint density at radius 3 is 2.84 bits per heavy atom. The predicted molar refractivity (Wildman–Crippen MR) is 77.4 cm³/mol. The van der Waals surface area contributed by atoms with E-state index < -0.39 is 0 Å². The van der Waals surface area contributed by atoms with Gasteiger partial charge in [0.15, 0.2) is 0 Å². The molecule has 0 saturated heterocycles. The van der Waals surface area contributed by atoms with Gasteiger partial charge in [0, 0.05) is 23.9 Å². The third kappa shape index (κ3) is 2.53. The average Bonchev–Trinajstić information content (AvgIpc) is 3.11. The number of aromatic nitrogens is 3. The molecule has 2 heterocycles. The van der Waals surface area contributed by atoms with Crippen molar-refractivity contribution in [2.45, 2.75) is 32.2 Å². The highest BCUT2D eigenvalue weighted by atomic mass is 32.1. The maximum Gasteiger partial charge on any atom is 0.137 e. The van der Waals surface area contributed by atoms with Gasteiger partial charge >= 0.3 is 0 Å². The molecule has 2 aromatic rings.